The molecule has 110 valence electrons. The number of hydrogen-bond donors (Lipinski definition) is 0. The van der Waals surface area contributed by atoms with Crippen molar-refractivity contribution in [2.75, 3.05) is 13.1 Å². The summed E-state index contributed by atoms with van der Waals surface area (Å²) in [6.45, 7) is 1.33. The van der Waals surface area contributed by atoms with E-state index in [2.05, 4.69) is 20.9 Å². The predicted molar refractivity (Wildman–Crippen MR) is 85.6 cm³/mol. The zero-order valence-electron chi connectivity index (χ0n) is 11.4. The SMILES string of the molecule is O=C(CCc1ccc(Br)cc1)N1CC(Oc2nccs2)C1. The van der Waals surface area contributed by atoms with Crippen LogP contribution in [0.3, 0.4) is 0 Å². The number of benzene rings is 1. The van der Waals surface area contributed by atoms with E-state index >= 15 is 0 Å². The van der Waals surface area contributed by atoms with Gasteiger partial charge in [0.05, 0.1) is 13.1 Å². The lowest BCUT2D eigenvalue weighted by atomic mass is 10.1. The third-order valence-electron chi connectivity index (χ3n) is 3.42. The molecule has 1 saturated heterocycles. The minimum absolute atomic E-state index is 0.0905. The zero-order valence-corrected chi connectivity index (χ0v) is 13.8. The lowest BCUT2D eigenvalue weighted by Gasteiger charge is -2.38. The minimum atomic E-state index is 0.0905. The number of hydrogen-bond acceptors (Lipinski definition) is 4. The first-order chi connectivity index (χ1) is 10.2. The van der Waals surface area contributed by atoms with E-state index in [1.54, 1.807) is 6.20 Å². The number of nitrogens with zero attached hydrogens (tertiary/aromatic N) is 2. The molecule has 2 aromatic rings. The van der Waals surface area contributed by atoms with Crippen LogP contribution < -0.4 is 4.74 Å². The van der Waals surface area contributed by atoms with Crippen LogP contribution in [0.2, 0.25) is 0 Å². The predicted octanol–water partition coefficient (Wildman–Crippen LogP) is 3.13. The van der Waals surface area contributed by atoms with Gasteiger partial charge in [-0.3, -0.25) is 4.79 Å². The number of halogens is 1. The van der Waals surface area contributed by atoms with Crippen LogP contribution in [-0.2, 0) is 11.2 Å². The van der Waals surface area contributed by atoms with Crippen molar-refractivity contribution in [2.45, 2.75) is 18.9 Å². The van der Waals surface area contributed by atoms with Crippen LogP contribution in [0.15, 0.2) is 40.3 Å². The molecule has 1 fully saturated rings. The van der Waals surface area contributed by atoms with Gasteiger partial charge in [0.15, 0.2) is 0 Å². The molecule has 0 unspecified atom stereocenters. The quantitative estimate of drug-likeness (QED) is 0.816. The Balaban J connectivity index is 1.40. The van der Waals surface area contributed by atoms with Gasteiger partial charge in [-0.2, -0.15) is 0 Å². The Labute approximate surface area is 135 Å². The van der Waals surface area contributed by atoms with Crippen LogP contribution in [0.1, 0.15) is 12.0 Å². The average molecular weight is 367 g/mol. The average Bonchev–Trinajstić information content (AvgIpc) is 2.94. The van der Waals surface area contributed by atoms with E-state index in [-0.39, 0.29) is 12.0 Å². The van der Waals surface area contributed by atoms with Crippen molar-refractivity contribution < 1.29 is 9.53 Å². The van der Waals surface area contributed by atoms with Gasteiger partial charge in [0.2, 0.25) is 5.91 Å². The minimum Gasteiger partial charge on any atom is -0.463 e. The van der Waals surface area contributed by atoms with E-state index in [1.807, 2.05) is 34.5 Å². The Kier molecular flexibility index (Phi) is 4.55. The molecular formula is C15H15BrN2O2S. The van der Waals surface area contributed by atoms with Crippen LogP contribution in [0.5, 0.6) is 5.19 Å². The van der Waals surface area contributed by atoms with Gasteiger partial charge in [0, 0.05) is 22.5 Å². The van der Waals surface area contributed by atoms with Crippen LogP contribution >= 0.6 is 27.3 Å². The second-order valence-electron chi connectivity index (χ2n) is 4.96. The molecule has 0 spiro atoms. The molecule has 0 saturated carbocycles. The highest BCUT2D eigenvalue weighted by Gasteiger charge is 2.32. The Hall–Kier alpha value is -1.40. The normalized spacial score (nSPS) is 14.8. The second-order valence-corrected chi connectivity index (χ2v) is 6.74. The summed E-state index contributed by atoms with van der Waals surface area (Å²) in [5, 5.41) is 2.57. The highest BCUT2D eigenvalue weighted by Crippen LogP contribution is 2.21. The Morgan fingerprint density at radius 1 is 1.38 bits per heavy atom. The van der Waals surface area contributed by atoms with E-state index in [0.717, 1.165) is 10.9 Å². The van der Waals surface area contributed by atoms with Gasteiger partial charge in [-0.05, 0) is 24.1 Å². The summed E-state index contributed by atoms with van der Waals surface area (Å²) in [7, 11) is 0. The van der Waals surface area contributed by atoms with Crippen LogP contribution in [0.4, 0.5) is 0 Å². The maximum atomic E-state index is 12.1. The molecule has 1 aromatic heterocycles. The highest BCUT2D eigenvalue weighted by molar-refractivity contribution is 9.10. The van der Waals surface area contributed by atoms with Gasteiger partial charge in [0.1, 0.15) is 6.10 Å². The standard InChI is InChI=1S/C15H15BrN2O2S/c16-12-4-1-11(2-5-12)3-6-14(19)18-9-13(10-18)20-15-17-7-8-21-15/h1-2,4-5,7-8,13H,3,6,9-10H2. The summed E-state index contributed by atoms with van der Waals surface area (Å²) >= 11 is 4.88. The van der Waals surface area contributed by atoms with Gasteiger partial charge in [-0.15, -0.1) is 0 Å². The van der Waals surface area contributed by atoms with Crippen molar-refractivity contribution in [3.8, 4) is 5.19 Å². The molecule has 0 N–H and O–H groups in total. The summed E-state index contributed by atoms with van der Waals surface area (Å²) in [6, 6.07) is 8.09. The van der Waals surface area contributed by atoms with Gasteiger partial charge in [0.25, 0.3) is 5.19 Å². The lowest BCUT2D eigenvalue weighted by molar-refractivity contribution is -0.139. The molecule has 1 aliphatic heterocycles. The number of aromatic nitrogens is 1. The van der Waals surface area contributed by atoms with Crippen LogP contribution in [0, 0.1) is 0 Å². The molecular weight excluding hydrogens is 352 g/mol. The number of amides is 1. The van der Waals surface area contributed by atoms with E-state index in [1.165, 1.54) is 16.9 Å². The monoisotopic (exact) mass is 366 g/mol. The van der Waals surface area contributed by atoms with Crippen LogP contribution in [-0.4, -0.2) is 35.0 Å². The van der Waals surface area contributed by atoms with Crippen molar-refractivity contribution in [1.82, 2.24) is 9.88 Å². The van der Waals surface area contributed by atoms with E-state index in [9.17, 15) is 4.79 Å². The molecule has 21 heavy (non-hydrogen) atoms. The molecule has 6 heteroatoms. The summed E-state index contributed by atoms with van der Waals surface area (Å²) in [5.74, 6) is 0.192. The van der Waals surface area contributed by atoms with Crippen molar-refractivity contribution >= 4 is 33.2 Å². The Morgan fingerprint density at radius 3 is 2.81 bits per heavy atom. The fourth-order valence-corrected chi connectivity index (χ4v) is 3.00. The molecule has 3 rings (SSSR count). The van der Waals surface area contributed by atoms with E-state index < -0.39 is 0 Å². The molecule has 0 atom stereocenters. The number of carbonyl (C=O) groups excluding carboxylic acids is 1. The molecule has 2 heterocycles. The number of carbonyl (C=O) groups is 1. The maximum Gasteiger partial charge on any atom is 0.273 e. The number of thiazole rings is 1. The lowest BCUT2D eigenvalue weighted by Crippen LogP contribution is -2.56. The molecule has 1 aromatic carbocycles. The third-order valence-corrected chi connectivity index (χ3v) is 4.61. The van der Waals surface area contributed by atoms with Crippen molar-refractivity contribution in [1.29, 1.82) is 0 Å². The molecule has 1 aliphatic rings. The van der Waals surface area contributed by atoms with Gasteiger partial charge < -0.3 is 9.64 Å². The molecule has 0 radical (unpaired) electrons. The van der Waals surface area contributed by atoms with Gasteiger partial charge in [-0.1, -0.05) is 39.4 Å². The van der Waals surface area contributed by atoms with Crippen molar-refractivity contribution in [2.24, 2.45) is 0 Å². The summed E-state index contributed by atoms with van der Waals surface area (Å²) in [5.41, 5.74) is 1.18. The highest BCUT2D eigenvalue weighted by atomic mass is 79.9. The Morgan fingerprint density at radius 2 is 2.14 bits per heavy atom. The fourth-order valence-electron chi connectivity index (χ4n) is 2.19. The first-order valence-corrected chi connectivity index (χ1v) is 8.46. The van der Waals surface area contributed by atoms with Crippen LogP contribution in [0.25, 0.3) is 0 Å². The van der Waals surface area contributed by atoms with Crippen molar-refractivity contribution in [3.63, 3.8) is 0 Å². The van der Waals surface area contributed by atoms with Crippen molar-refractivity contribution in [3.05, 3.63) is 45.9 Å². The Bertz CT molecular complexity index is 595. The van der Waals surface area contributed by atoms with Gasteiger partial charge >= 0.3 is 0 Å². The smallest absolute Gasteiger partial charge is 0.273 e. The molecule has 0 bridgehead atoms. The zero-order chi connectivity index (χ0) is 14.7. The third kappa shape index (κ3) is 3.83. The maximum absolute atomic E-state index is 12.1. The number of rotatable bonds is 5. The first kappa shape index (κ1) is 14.5. The second kappa shape index (κ2) is 6.58. The van der Waals surface area contributed by atoms with E-state index in [4.69, 9.17) is 4.74 Å². The summed E-state index contributed by atoms with van der Waals surface area (Å²) in [4.78, 5) is 18.0. The fraction of sp³-hybridized carbons (Fsp3) is 0.333. The molecule has 4 nitrogen and oxygen atoms in total. The van der Waals surface area contributed by atoms with Gasteiger partial charge in [-0.25, -0.2) is 4.98 Å². The number of likely N-dealkylation sites (tertiary alicyclic amines) is 1. The topological polar surface area (TPSA) is 42.4 Å². The number of aryl methyl sites for hydroxylation is 1. The molecule has 0 aliphatic carbocycles. The molecule has 1 amide bonds. The summed E-state index contributed by atoms with van der Waals surface area (Å²) in [6.07, 6.45) is 3.14. The van der Waals surface area contributed by atoms with E-state index in [0.29, 0.717) is 24.7 Å². The summed E-state index contributed by atoms with van der Waals surface area (Å²) < 4.78 is 6.71. The largest absolute Gasteiger partial charge is 0.463 e. The number of ether oxygens (including phenoxy) is 1. The first-order valence-electron chi connectivity index (χ1n) is 6.79.